The summed E-state index contributed by atoms with van der Waals surface area (Å²) in [7, 11) is -2.30. The summed E-state index contributed by atoms with van der Waals surface area (Å²) >= 11 is 0. The first-order chi connectivity index (χ1) is 12.4. The number of hydrogen-bond donors (Lipinski definition) is 0. The van der Waals surface area contributed by atoms with Gasteiger partial charge in [0.05, 0.1) is 10.6 Å². The van der Waals surface area contributed by atoms with Gasteiger partial charge in [0.25, 0.3) is 0 Å². The quantitative estimate of drug-likeness (QED) is 0.700. The number of benzene rings is 1. The van der Waals surface area contributed by atoms with E-state index < -0.39 is 16.1 Å². The third kappa shape index (κ3) is 3.11. The van der Waals surface area contributed by atoms with Gasteiger partial charge in [0.15, 0.2) is 6.61 Å². The number of amides is 3. The Labute approximate surface area is 151 Å². The predicted octanol–water partition coefficient (Wildman–Crippen LogP) is 0.772. The summed E-state index contributed by atoms with van der Waals surface area (Å²) in [4.78, 5) is 26.2. The summed E-state index contributed by atoms with van der Waals surface area (Å²) in [5, 5.41) is 8.78. The van der Waals surface area contributed by atoms with Crippen molar-refractivity contribution in [1.29, 1.82) is 5.26 Å². The van der Waals surface area contributed by atoms with Gasteiger partial charge in [-0.3, -0.25) is 14.6 Å². The molecule has 0 unspecified atom stereocenters. The molecule has 1 aromatic rings. The van der Waals surface area contributed by atoms with E-state index in [1.807, 2.05) is 6.07 Å². The fraction of sp³-hybridized carbons (Fsp3) is 0.438. The summed E-state index contributed by atoms with van der Waals surface area (Å²) in [6.07, 6.45) is 1.62. The number of nitriles is 1. The highest BCUT2D eigenvalue weighted by molar-refractivity contribution is 7.89. The van der Waals surface area contributed by atoms with Crippen molar-refractivity contribution in [2.75, 3.05) is 38.2 Å². The molecular weight excluding hydrogens is 360 g/mol. The number of urea groups is 1. The smallest absolute Gasteiger partial charge is 0.331 e. The number of carbonyl (C=O) groups excluding carboxylic acids is 2. The Balaban J connectivity index is 2.00. The molecule has 0 aliphatic carbocycles. The standard InChI is InChI=1S/C16H18N4O5S/c1-18-15(21)11-20(16(18)22)13-5-4-12(10-14(13)25-9-6-17)26(23,24)19-7-2-3-8-19/h4-5,10H,2-3,7-9,11H2,1H3. The van der Waals surface area contributed by atoms with E-state index in [-0.39, 0.29) is 35.4 Å². The van der Waals surface area contributed by atoms with Crippen LogP contribution in [0.15, 0.2) is 23.1 Å². The molecule has 26 heavy (non-hydrogen) atoms. The normalized spacial score (nSPS) is 18.5. The number of anilines is 1. The number of sulfonamides is 1. The van der Waals surface area contributed by atoms with Gasteiger partial charge in [-0.15, -0.1) is 0 Å². The first-order valence-corrected chi connectivity index (χ1v) is 9.52. The fourth-order valence-corrected chi connectivity index (χ4v) is 4.50. The van der Waals surface area contributed by atoms with Crippen molar-refractivity contribution in [2.45, 2.75) is 17.7 Å². The highest BCUT2D eigenvalue weighted by Gasteiger charge is 2.36. The molecule has 2 fully saturated rings. The van der Waals surface area contributed by atoms with Crippen molar-refractivity contribution >= 4 is 27.6 Å². The molecule has 0 bridgehead atoms. The molecular formula is C16H18N4O5S. The van der Waals surface area contributed by atoms with Crippen molar-refractivity contribution in [3.05, 3.63) is 18.2 Å². The van der Waals surface area contributed by atoms with Crippen LogP contribution in [0.25, 0.3) is 0 Å². The maximum atomic E-state index is 12.7. The molecule has 10 heteroatoms. The fourth-order valence-electron chi connectivity index (χ4n) is 2.97. The lowest BCUT2D eigenvalue weighted by atomic mass is 10.2. The Hall–Kier alpha value is -2.64. The molecule has 2 aliphatic heterocycles. The van der Waals surface area contributed by atoms with Crippen LogP contribution in [0.3, 0.4) is 0 Å². The first-order valence-electron chi connectivity index (χ1n) is 8.08. The molecule has 0 N–H and O–H groups in total. The molecule has 0 aromatic heterocycles. The van der Waals surface area contributed by atoms with E-state index in [1.54, 1.807) is 0 Å². The molecule has 0 spiro atoms. The number of imide groups is 1. The second-order valence-corrected chi connectivity index (χ2v) is 7.95. The van der Waals surface area contributed by atoms with Crippen LogP contribution in [0.2, 0.25) is 0 Å². The average molecular weight is 378 g/mol. The molecule has 138 valence electrons. The number of carbonyl (C=O) groups is 2. The van der Waals surface area contributed by atoms with Crippen LogP contribution in [0.5, 0.6) is 5.75 Å². The topological polar surface area (TPSA) is 111 Å². The molecule has 3 amide bonds. The lowest BCUT2D eigenvalue weighted by Crippen LogP contribution is -2.30. The number of nitrogens with zero attached hydrogens (tertiary/aromatic N) is 4. The van der Waals surface area contributed by atoms with Crippen molar-refractivity contribution in [1.82, 2.24) is 9.21 Å². The van der Waals surface area contributed by atoms with Gasteiger partial charge in [0, 0.05) is 26.2 Å². The van der Waals surface area contributed by atoms with Gasteiger partial charge in [-0.2, -0.15) is 9.57 Å². The monoisotopic (exact) mass is 378 g/mol. The minimum absolute atomic E-state index is 0.0300. The lowest BCUT2D eigenvalue weighted by molar-refractivity contribution is -0.123. The van der Waals surface area contributed by atoms with Crippen LogP contribution in [0.4, 0.5) is 10.5 Å². The largest absolute Gasteiger partial charge is 0.477 e. The number of rotatable bonds is 5. The Kier molecular flexibility index (Phi) is 4.84. The second-order valence-electron chi connectivity index (χ2n) is 6.01. The van der Waals surface area contributed by atoms with Crippen LogP contribution in [0, 0.1) is 11.3 Å². The zero-order chi connectivity index (χ0) is 18.9. The van der Waals surface area contributed by atoms with Gasteiger partial charge in [0.2, 0.25) is 15.9 Å². The van der Waals surface area contributed by atoms with Gasteiger partial charge < -0.3 is 4.74 Å². The first kappa shape index (κ1) is 18.2. The van der Waals surface area contributed by atoms with E-state index in [1.165, 1.54) is 34.5 Å². The highest BCUT2D eigenvalue weighted by atomic mass is 32.2. The lowest BCUT2D eigenvalue weighted by Gasteiger charge is -2.21. The summed E-state index contributed by atoms with van der Waals surface area (Å²) in [6, 6.07) is 5.40. The van der Waals surface area contributed by atoms with Crippen LogP contribution < -0.4 is 9.64 Å². The minimum atomic E-state index is -3.67. The number of likely N-dealkylation sites (N-methyl/N-ethyl adjacent to an activating group) is 1. The van der Waals surface area contributed by atoms with Gasteiger partial charge >= 0.3 is 6.03 Å². The van der Waals surface area contributed by atoms with Gasteiger partial charge in [0.1, 0.15) is 18.4 Å². The summed E-state index contributed by atoms with van der Waals surface area (Å²) in [5.41, 5.74) is 0.253. The zero-order valence-corrected chi connectivity index (χ0v) is 15.0. The molecule has 2 saturated heterocycles. The number of hydrogen-bond acceptors (Lipinski definition) is 6. The second kappa shape index (κ2) is 6.93. The molecule has 2 aliphatic rings. The summed E-state index contributed by atoms with van der Waals surface area (Å²) in [5.74, 6) is -0.307. The van der Waals surface area contributed by atoms with Gasteiger partial charge in [-0.1, -0.05) is 0 Å². The Morgan fingerprint density at radius 1 is 1.23 bits per heavy atom. The summed E-state index contributed by atoms with van der Waals surface area (Å²) in [6.45, 7) is 0.438. The molecule has 9 nitrogen and oxygen atoms in total. The Morgan fingerprint density at radius 2 is 1.92 bits per heavy atom. The predicted molar refractivity (Wildman–Crippen MR) is 91.1 cm³/mol. The van der Waals surface area contributed by atoms with Crippen molar-refractivity contribution in [3.8, 4) is 11.8 Å². The minimum Gasteiger partial charge on any atom is -0.477 e. The van der Waals surface area contributed by atoms with Crippen LogP contribution in [-0.2, 0) is 14.8 Å². The highest BCUT2D eigenvalue weighted by Crippen LogP contribution is 2.34. The Morgan fingerprint density at radius 3 is 2.50 bits per heavy atom. The third-order valence-electron chi connectivity index (χ3n) is 4.40. The average Bonchev–Trinajstić information content (AvgIpc) is 3.25. The van der Waals surface area contributed by atoms with E-state index in [2.05, 4.69) is 0 Å². The van der Waals surface area contributed by atoms with E-state index in [4.69, 9.17) is 10.00 Å². The molecule has 0 atom stereocenters. The van der Waals surface area contributed by atoms with Crippen molar-refractivity contribution in [3.63, 3.8) is 0 Å². The van der Waals surface area contributed by atoms with E-state index in [0.717, 1.165) is 17.7 Å². The summed E-state index contributed by atoms with van der Waals surface area (Å²) < 4.78 is 32.2. The molecule has 0 saturated carbocycles. The molecule has 1 aromatic carbocycles. The van der Waals surface area contributed by atoms with Crippen molar-refractivity contribution in [2.24, 2.45) is 0 Å². The van der Waals surface area contributed by atoms with Crippen LogP contribution in [0.1, 0.15) is 12.8 Å². The third-order valence-corrected chi connectivity index (χ3v) is 6.30. The van der Waals surface area contributed by atoms with Gasteiger partial charge in [-0.25, -0.2) is 13.2 Å². The number of ether oxygens (including phenoxy) is 1. The van der Waals surface area contributed by atoms with E-state index in [0.29, 0.717) is 13.1 Å². The van der Waals surface area contributed by atoms with Gasteiger partial charge in [-0.05, 0) is 25.0 Å². The van der Waals surface area contributed by atoms with Crippen LogP contribution in [-0.4, -0.2) is 62.9 Å². The molecule has 3 rings (SSSR count). The maximum Gasteiger partial charge on any atom is 0.331 e. The van der Waals surface area contributed by atoms with E-state index >= 15 is 0 Å². The SMILES string of the molecule is CN1C(=O)CN(c2ccc(S(=O)(=O)N3CCCC3)cc2OCC#N)C1=O. The Bertz CT molecular complexity index is 886. The zero-order valence-electron chi connectivity index (χ0n) is 14.2. The maximum absolute atomic E-state index is 12.7. The van der Waals surface area contributed by atoms with E-state index in [9.17, 15) is 18.0 Å². The molecule has 0 radical (unpaired) electrons. The van der Waals surface area contributed by atoms with Crippen LogP contribution >= 0.6 is 0 Å². The molecule has 2 heterocycles. The van der Waals surface area contributed by atoms with Crippen molar-refractivity contribution < 1.29 is 22.7 Å².